The van der Waals surface area contributed by atoms with E-state index in [4.69, 9.17) is 13.9 Å². The summed E-state index contributed by atoms with van der Waals surface area (Å²) < 4.78 is 16.5. The normalized spacial score (nSPS) is 14.5. The molecule has 5 heteroatoms. The Labute approximate surface area is 141 Å². The Morgan fingerprint density at radius 3 is 2.67 bits per heavy atom. The second kappa shape index (κ2) is 7.43. The van der Waals surface area contributed by atoms with Crippen LogP contribution in [0.15, 0.2) is 41.0 Å². The molecule has 1 amide bonds. The van der Waals surface area contributed by atoms with Crippen LogP contribution < -0.4 is 14.8 Å². The molecule has 1 aromatic heterocycles. The molecule has 0 spiro atoms. The molecular weight excluding hydrogens is 306 g/mol. The van der Waals surface area contributed by atoms with E-state index in [-0.39, 0.29) is 17.9 Å². The zero-order valence-electron chi connectivity index (χ0n) is 14.1. The van der Waals surface area contributed by atoms with Gasteiger partial charge in [-0.3, -0.25) is 4.79 Å². The molecule has 0 bridgehead atoms. The third kappa shape index (κ3) is 3.91. The summed E-state index contributed by atoms with van der Waals surface area (Å²) in [5.41, 5.74) is 1.03. The molecule has 0 radical (unpaired) electrons. The van der Waals surface area contributed by atoms with E-state index in [1.807, 2.05) is 30.3 Å². The molecule has 1 atom stereocenters. The number of carbonyl (C=O) groups excluding carboxylic acids is 1. The highest BCUT2D eigenvalue weighted by molar-refractivity contribution is 5.76. The summed E-state index contributed by atoms with van der Waals surface area (Å²) in [6.45, 7) is 5.31. The summed E-state index contributed by atoms with van der Waals surface area (Å²) in [6.07, 6.45) is 2.63. The Morgan fingerprint density at radius 1 is 1.17 bits per heavy atom. The number of hydrogen-bond acceptors (Lipinski definition) is 4. The molecule has 1 aromatic carbocycles. The first-order chi connectivity index (χ1) is 11.6. The Hall–Kier alpha value is -2.43. The molecule has 3 rings (SSSR count). The summed E-state index contributed by atoms with van der Waals surface area (Å²) in [6, 6.07) is 9.52. The molecule has 24 heavy (non-hydrogen) atoms. The number of amides is 1. The zero-order chi connectivity index (χ0) is 16.9. The lowest BCUT2D eigenvalue weighted by Crippen LogP contribution is -2.32. The number of fused-ring (bicyclic) bond motifs is 1. The highest BCUT2D eigenvalue weighted by atomic mass is 16.6. The van der Waals surface area contributed by atoms with Gasteiger partial charge in [0.15, 0.2) is 11.5 Å². The number of nitrogens with one attached hydrogen (secondary N) is 1. The fourth-order valence-electron chi connectivity index (χ4n) is 2.83. The van der Waals surface area contributed by atoms with Crippen molar-refractivity contribution in [2.75, 3.05) is 13.2 Å². The largest absolute Gasteiger partial charge is 0.486 e. The molecule has 0 aliphatic carbocycles. The van der Waals surface area contributed by atoms with Crippen molar-refractivity contribution in [1.82, 2.24) is 5.32 Å². The average Bonchev–Trinajstić information content (AvgIpc) is 3.10. The van der Waals surface area contributed by atoms with E-state index in [0.717, 1.165) is 22.8 Å². The van der Waals surface area contributed by atoms with Crippen LogP contribution in [-0.4, -0.2) is 19.1 Å². The lowest BCUT2D eigenvalue weighted by molar-refractivity contribution is -0.122. The first-order valence-corrected chi connectivity index (χ1v) is 8.35. The minimum Gasteiger partial charge on any atom is -0.486 e. The predicted octanol–water partition coefficient (Wildman–Crippen LogP) is 3.50. The monoisotopic (exact) mass is 329 g/mol. The fourth-order valence-corrected chi connectivity index (χ4v) is 2.83. The number of carbonyl (C=O) groups is 1. The van der Waals surface area contributed by atoms with Crippen molar-refractivity contribution in [1.29, 1.82) is 0 Å². The maximum atomic E-state index is 12.3. The average molecular weight is 329 g/mol. The fraction of sp³-hybridized carbons (Fsp3) is 0.421. The Balaban J connectivity index is 1.67. The van der Waals surface area contributed by atoms with Crippen molar-refractivity contribution >= 4 is 5.91 Å². The number of hydrogen-bond donors (Lipinski definition) is 1. The Bertz CT molecular complexity index is 679. The number of aryl methyl sites for hydroxylation is 1. The van der Waals surface area contributed by atoms with Gasteiger partial charge in [-0.1, -0.05) is 19.9 Å². The number of furan rings is 1. The summed E-state index contributed by atoms with van der Waals surface area (Å²) in [5.74, 6) is 2.61. The highest BCUT2D eigenvalue weighted by Gasteiger charge is 2.21. The van der Waals surface area contributed by atoms with Crippen LogP contribution >= 0.6 is 0 Å². The molecule has 1 N–H and O–H groups in total. The van der Waals surface area contributed by atoms with Gasteiger partial charge in [0.05, 0.1) is 12.3 Å². The molecule has 0 fully saturated rings. The van der Waals surface area contributed by atoms with Crippen molar-refractivity contribution in [3.05, 3.63) is 47.9 Å². The van der Waals surface area contributed by atoms with Crippen LogP contribution in [0.3, 0.4) is 0 Å². The quantitative estimate of drug-likeness (QED) is 0.881. The van der Waals surface area contributed by atoms with Gasteiger partial charge in [0.1, 0.15) is 19.0 Å². The standard InChI is InChI=1S/C19H23NO4/c1-13(2)19(20-18(21)8-6-15-4-3-9-22-15)14-5-7-16-17(12-14)24-11-10-23-16/h3-5,7,9,12-13,19H,6,8,10-11H2,1-2H3,(H,20,21). The molecule has 1 unspecified atom stereocenters. The first kappa shape index (κ1) is 16.4. The van der Waals surface area contributed by atoms with Crippen LogP contribution in [0, 0.1) is 5.92 Å². The van der Waals surface area contributed by atoms with Gasteiger partial charge >= 0.3 is 0 Å². The van der Waals surface area contributed by atoms with E-state index >= 15 is 0 Å². The van der Waals surface area contributed by atoms with Crippen LogP contribution in [0.5, 0.6) is 11.5 Å². The molecule has 1 aliphatic rings. The van der Waals surface area contributed by atoms with Crippen LogP contribution in [0.2, 0.25) is 0 Å². The van der Waals surface area contributed by atoms with Crippen molar-refractivity contribution in [2.45, 2.75) is 32.7 Å². The van der Waals surface area contributed by atoms with Gasteiger partial charge in [0, 0.05) is 12.8 Å². The van der Waals surface area contributed by atoms with Gasteiger partial charge < -0.3 is 19.2 Å². The third-order valence-electron chi connectivity index (χ3n) is 4.09. The first-order valence-electron chi connectivity index (χ1n) is 8.35. The third-order valence-corrected chi connectivity index (χ3v) is 4.09. The molecule has 1 aliphatic heterocycles. The second-order valence-corrected chi connectivity index (χ2v) is 6.27. The van der Waals surface area contributed by atoms with E-state index in [0.29, 0.717) is 26.1 Å². The highest BCUT2D eigenvalue weighted by Crippen LogP contribution is 2.34. The molecule has 0 saturated carbocycles. The lowest BCUT2D eigenvalue weighted by Gasteiger charge is -2.25. The summed E-state index contributed by atoms with van der Waals surface area (Å²) in [5, 5.41) is 3.13. The minimum atomic E-state index is -0.0649. The molecular formula is C19H23NO4. The van der Waals surface area contributed by atoms with Gasteiger partial charge in [-0.2, -0.15) is 0 Å². The zero-order valence-corrected chi connectivity index (χ0v) is 14.1. The minimum absolute atomic E-state index is 0.0139. The van der Waals surface area contributed by atoms with Crippen LogP contribution in [0.1, 0.15) is 37.6 Å². The van der Waals surface area contributed by atoms with Crippen molar-refractivity contribution < 1.29 is 18.7 Å². The molecule has 2 aromatic rings. The predicted molar refractivity (Wildman–Crippen MR) is 90.2 cm³/mol. The summed E-state index contributed by atoms with van der Waals surface area (Å²) in [4.78, 5) is 12.3. The van der Waals surface area contributed by atoms with E-state index in [1.165, 1.54) is 0 Å². The van der Waals surface area contributed by atoms with Gasteiger partial charge in [0.2, 0.25) is 5.91 Å². The smallest absolute Gasteiger partial charge is 0.220 e. The van der Waals surface area contributed by atoms with Gasteiger partial charge in [0.25, 0.3) is 0 Å². The van der Waals surface area contributed by atoms with Crippen LogP contribution in [0.25, 0.3) is 0 Å². The number of rotatable bonds is 6. The number of ether oxygens (including phenoxy) is 2. The summed E-state index contributed by atoms with van der Waals surface area (Å²) in [7, 11) is 0. The van der Waals surface area contributed by atoms with Gasteiger partial charge in [-0.25, -0.2) is 0 Å². The second-order valence-electron chi connectivity index (χ2n) is 6.27. The topological polar surface area (TPSA) is 60.7 Å². The van der Waals surface area contributed by atoms with E-state index < -0.39 is 0 Å². The maximum Gasteiger partial charge on any atom is 0.220 e. The Kier molecular flexibility index (Phi) is 5.08. The molecule has 5 nitrogen and oxygen atoms in total. The lowest BCUT2D eigenvalue weighted by atomic mass is 9.95. The SMILES string of the molecule is CC(C)C(NC(=O)CCc1ccco1)c1ccc2c(c1)OCCO2. The van der Waals surface area contributed by atoms with E-state index in [9.17, 15) is 4.79 Å². The van der Waals surface area contributed by atoms with Crippen molar-refractivity contribution in [3.63, 3.8) is 0 Å². The van der Waals surface area contributed by atoms with Gasteiger partial charge in [-0.15, -0.1) is 0 Å². The summed E-state index contributed by atoms with van der Waals surface area (Å²) >= 11 is 0. The van der Waals surface area contributed by atoms with Crippen LogP contribution in [-0.2, 0) is 11.2 Å². The van der Waals surface area contributed by atoms with Crippen molar-refractivity contribution in [3.8, 4) is 11.5 Å². The molecule has 2 heterocycles. The van der Waals surface area contributed by atoms with Crippen LogP contribution in [0.4, 0.5) is 0 Å². The van der Waals surface area contributed by atoms with E-state index in [1.54, 1.807) is 6.26 Å². The molecule has 128 valence electrons. The Morgan fingerprint density at radius 2 is 1.96 bits per heavy atom. The maximum absolute atomic E-state index is 12.3. The molecule has 0 saturated heterocycles. The van der Waals surface area contributed by atoms with Gasteiger partial charge in [-0.05, 0) is 35.7 Å². The van der Waals surface area contributed by atoms with E-state index in [2.05, 4.69) is 19.2 Å². The number of benzene rings is 1. The van der Waals surface area contributed by atoms with Crippen molar-refractivity contribution in [2.24, 2.45) is 5.92 Å².